The maximum Gasteiger partial charge on any atom is 0.246 e. The second-order valence-corrected chi connectivity index (χ2v) is 6.85. The van der Waals surface area contributed by atoms with E-state index in [1.807, 2.05) is 13.8 Å². The summed E-state index contributed by atoms with van der Waals surface area (Å²) in [6.45, 7) is 9.11. The molecule has 218 valence electrons. The zero-order valence-corrected chi connectivity index (χ0v) is 22.7. The fourth-order valence-electron chi connectivity index (χ4n) is 2.15. The highest BCUT2D eigenvalue weighted by molar-refractivity contribution is 5.77. The number of amides is 4. The number of carbonyl (C=O) groups is 4. The van der Waals surface area contributed by atoms with Crippen LogP contribution in [-0.4, -0.2) is 130 Å². The van der Waals surface area contributed by atoms with Crippen molar-refractivity contribution in [1.29, 1.82) is 0 Å². The second-order valence-electron chi connectivity index (χ2n) is 6.85. The Bertz CT molecular complexity index is 582. The van der Waals surface area contributed by atoms with Crippen molar-refractivity contribution in [2.45, 2.75) is 20.8 Å². The van der Waals surface area contributed by atoms with Crippen LogP contribution in [-0.2, 0) is 47.6 Å². The SMILES string of the molecule is CC.CNC(=O)COCCOCCNC(=O)COCCOCCNC(=O)COCCOCCNC(C)=O. The molecular weight excluding hydrogens is 492 g/mol. The zero-order chi connectivity index (χ0) is 28.0. The summed E-state index contributed by atoms with van der Waals surface area (Å²) in [5, 5.41) is 10.3. The lowest BCUT2D eigenvalue weighted by molar-refractivity contribution is -0.127. The Balaban J connectivity index is 0. The molecule has 0 spiro atoms. The molecule has 0 aliphatic heterocycles. The molecule has 0 aliphatic rings. The molecule has 0 rings (SSSR count). The maximum atomic E-state index is 11.6. The zero-order valence-electron chi connectivity index (χ0n) is 22.7. The lowest BCUT2D eigenvalue weighted by atomic mass is 10.5. The molecule has 0 aromatic rings. The monoisotopic (exact) mass is 538 g/mol. The lowest BCUT2D eigenvalue weighted by Crippen LogP contribution is -2.32. The molecule has 37 heavy (non-hydrogen) atoms. The summed E-state index contributed by atoms with van der Waals surface area (Å²) in [6, 6.07) is 0. The van der Waals surface area contributed by atoms with Gasteiger partial charge in [0, 0.05) is 33.6 Å². The second kappa shape index (κ2) is 29.9. The number of rotatable bonds is 24. The first-order valence-corrected chi connectivity index (χ1v) is 12.4. The van der Waals surface area contributed by atoms with Gasteiger partial charge in [-0.2, -0.15) is 0 Å². The molecule has 0 saturated heterocycles. The minimum atomic E-state index is -0.269. The van der Waals surface area contributed by atoms with Gasteiger partial charge in [-0.1, -0.05) is 13.8 Å². The van der Waals surface area contributed by atoms with Crippen molar-refractivity contribution < 1.29 is 47.6 Å². The molecule has 0 unspecified atom stereocenters. The van der Waals surface area contributed by atoms with Crippen LogP contribution >= 0.6 is 0 Å². The van der Waals surface area contributed by atoms with Gasteiger partial charge in [0.15, 0.2) is 0 Å². The van der Waals surface area contributed by atoms with E-state index >= 15 is 0 Å². The molecule has 0 aliphatic carbocycles. The van der Waals surface area contributed by atoms with E-state index in [0.717, 1.165) is 0 Å². The molecule has 14 nitrogen and oxygen atoms in total. The molecule has 0 radical (unpaired) electrons. The topological polar surface area (TPSA) is 172 Å². The van der Waals surface area contributed by atoms with Gasteiger partial charge in [-0.15, -0.1) is 0 Å². The van der Waals surface area contributed by atoms with Crippen LogP contribution in [0.3, 0.4) is 0 Å². The van der Waals surface area contributed by atoms with Crippen molar-refractivity contribution in [2.75, 3.05) is 106 Å². The molecular formula is C23H46N4O10. The van der Waals surface area contributed by atoms with Gasteiger partial charge >= 0.3 is 0 Å². The van der Waals surface area contributed by atoms with Crippen LogP contribution in [0.2, 0.25) is 0 Å². The van der Waals surface area contributed by atoms with Crippen molar-refractivity contribution in [3.05, 3.63) is 0 Å². The highest BCUT2D eigenvalue weighted by Crippen LogP contribution is 1.83. The number of carbonyl (C=O) groups excluding carboxylic acids is 4. The van der Waals surface area contributed by atoms with Gasteiger partial charge in [0.1, 0.15) is 19.8 Å². The number of hydrogen-bond acceptors (Lipinski definition) is 10. The smallest absolute Gasteiger partial charge is 0.246 e. The average molecular weight is 539 g/mol. The largest absolute Gasteiger partial charge is 0.377 e. The Morgan fingerprint density at radius 2 is 0.811 bits per heavy atom. The Kier molecular flexibility index (Phi) is 29.7. The van der Waals surface area contributed by atoms with Crippen molar-refractivity contribution in [3.8, 4) is 0 Å². The van der Waals surface area contributed by atoms with E-state index in [0.29, 0.717) is 59.3 Å². The van der Waals surface area contributed by atoms with E-state index in [9.17, 15) is 19.2 Å². The first-order valence-electron chi connectivity index (χ1n) is 12.4. The molecule has 4 amide bonds. The van der Waals surface area contributed by atoms with Crippen molar-refractivity contribution >= 4 is 23.6 Å². The molecule has 0 saturated carbocycles. The van der Waals surface area contributed by atoms with Crippen LogP contribution in [0, 0.1) is 0 Å². The highest BCUT2D eigenvalue weighted by atomic mass is 16.5. The summed E-state index contributed by atoms with van der Waals surface area (Å²) < 4.78 is 31.2. The molecule has 0 aromatic carbocycles. The fourth-order valence-corrected chi connectivity index (χ4v) is 2.15. The van der Waals surface area contributed by atoms with E-state index in [2.05, 4.69) is 21.3 Å². The Hall–Kier alpha value is -2.36. The maximum absolute atomic E-state index is 11.6. The summed E-state index contributed by atoms with van der Waals surface area (Å²) in [4.78, 5) is 44.8. The third-order valence-corrected chi connectivity index (χ3v) is 3.85. The van der Waals surface area contributed by atoms with Gasteiger partial charge in [-0.05, 0) is 0 Å². The van der Waals surface area contributed by atoms with Crippen LogP contribution in [0.4, 0.5) is 0 Å². The van der Waals surface area contributed by atoms with Crippen LogP contribution in [0.5, 0.6) is 0 Å². The van der Waals surface area contributed by atoms with Crippen LogP contribution < -0.4 is 21.3 Å². The van der Waals surface area contributed by atoms with E-state index in [1.165, 1.54) is 14.0 Å². The third kappa shape index (κ3) is 31.6. The normalized spacial score (nSPS) is 10.2. The van der Waals surface area contributed by atoms with Gasteiger partial charge in [-0.3, -0.25) is 19.2 Å². The summed E-state index contributed by atoms with van der Waals surface area (Å²) in [6.07, 6.45) is 0. The molecule has 0 atom stereocenters. The number of hydrogen-bond donors (Lipinski definition) is 4. The average Bonchev–Trinajstić information content (AvgIpc) is 2.89. The fraction of sp³-hybridized carbons (Fsp3) is 0.826. The Morgan fingerprint density at radius 3 is 1.16 bits per heavy atom. The quantitative estimate of drug-likeness (QED) is 0.103. The first-order chi connectivity index (χ1) is 18.0. The van der Waals surface area contributed by atoms with Crippen LogP contribution in [0.25, 0.3) is 0 Å². The molecule has 14 heteroatoms. The minimum absolute atomic E-state index is 0.0119. The molecule has 0 heterocycles. The molecule has 0 aromatic heterocycles. The van der Waals surface area contributed by atoms with Gasteiger partial charge in [0.05, 0.1) is 59.5 Å². The van der Waals surface area contributed by atoms with Gasteiger partial charge < -0.3 is 49.7 Å². The van der Waals surface area contributed by atoms with Crippen molar-refractivity contribution in [1.82, 2.24) is 21.3 Å². The van der Waals surface area contributed by atoms with Crippen molar-refractivity contribution in [3.63, 3.8) is 0 Å². The van der Waals surface area contributed by atoms with Crippen LogP contribution in [0.1, 0.15) is 20.8 Å². The summed E-state index contributed by atoms with van der Waals surface area (Å²) in [5.74, 6) is -0.846. The predicted octanol–water partition coefficient (Wildman–Crippen LogP) is -1.77. The van der Waals surface area contributed by atoms with Gasteiger partial charge in [0.25, 0.3) is 0 Å². The van der Waals surface area contributed by atoms with Gasteiger partial charge in [0.2, 0.25) is 23.6 Å². The number of ether oxygens (including phenoxy) is 6. The lowest BCUT2D eigenvalue weighted by Gasteiger charge is -2.09. The first kappa shape index (κ1) is 36.8. The van der Waals surface area contributed by atoms with Gasteiger partial charge in [-0.25, -0.2) is 0 Å². The molecule has 4 N–H and O–H groups in total. The van der Waals surface area contributed by atoms with E-state index in [4.69, 9.17) is 28.4 Å². The third-order valence-electron chi connectivity index (χ3n) is 3.85. The number of nitrogens with one attached hydrogen (secondary N) is 4. The molecule has 0 bridgehead atoms. The standard InChI is InChI=1S/C21H40N4O10.C2H6/c1-18(26)23-3-6-30-10-13-34-16-20(28)25-5-8-32-11-14-35-17-21(29)24-4-7-31-9-12-33-15-19(27)22-2;1-2/h3-17H2,1-2H3,(H,22,27)(H,23,26)(H,24,29)(H,25,28);1-2H3. The minimum Gasteiger partial charge on any atom is -0.377 e. The number of likely N-dealkylation sites (N-methyl/N-ethyl adjacent to an activating group) is 1. The predicted molar refractivity (Wildman–Crippen MR) is 135 cm³/mol. The van der Waals surface area contributed by atoms with E-state index in [-0.39, 0.29) is 63.3 Å². The Morgan fingerprint density at radius 1 is 0.486 bits per heavy atom. The van der Waals surface area contributed by atoms with Crippen LogP contribution in [0.15, 0.2) is 0 Å². The molecule has 0 fully saturated rings. The Labute approximate surface area is 219 Å². The van der Waals surface area contributed by atoms with E-state index < -0.39 is 0 Å². The van der Waals surface area contributed by atoms with E-state index in [1.54, 1.807) is 0 Å². The highest BCUT2D eigenvalue weighted by Gasteiger charge is 2.03. The summed E-state index contributed by atoms with van der Waals surface area (Å²) >= 11 is 0. The summed E-state index contributed by atoms with van der Waals surface area (Å²) in [7, 11) is 1.53. The summed E-state index contributed by atoms with van der Waals surface area (Å²) in [5.41, 5.74) is 0. The van der Waals surface area contributed by atoms with Crippen molar-refractivity contribution in [2.24, 2.45) is 0 Å².